The average Bonchev–Trinajstić information content (AvgIpc) is 2.47. The minimum absolute atomic E-state index is 0.0985. The molecular weight excluding hydrogens is 280 g/mol. The van der Waals surface area contributed by atoms with E-state index in [4.69, 9.17) is 4.74 Å². The molecule has 0 heterocycles. The number of phenols is 1. The third kappa shape index (κ3) is 4.63. The number of hydrogen-bond donors (Lipinski definition) is 2. The molecule has 114 valence electrons. The highest BCUT2D eigenvalue weighted by atomic mass is 16.5. The van der Waals surface area contributed by atoms with Crippen LogP contribution in [0, 0.1) is 0 Å². The van der Waals surface area contributed by atoms with Crippen LogP contribution in [0.2, 0.25) is 0 Å². The molecule has 0 aliphatic carbocycles. The van der Waals surface area contributed by atoms with E-state index in [0.717, 1.165) is 11.3 Å². The van der Waals surface area contributed by atoms with Crippen molar-refractivity contribution in [1.82, 2.24) is 5.43 Å². The lowest BCUT2D eigenvalue weighted by atomic mass is 10.2. The van der Waals surface area contributed by atoms with Crippen molar-refractivity contribution in [3.63, 3.8) is 0 Å². The Labute approximate surface area is 129 Å². The topological polar surface area (TPSA) is 70.9 Å². The number of amides is 1. The van der Waals surface area contributed by atoms with Crippen molar-refractivity contribution in [2.24, 2.45) is 5.10 Å². The lowest BCUT2D eigenvalue weighted by molar-refractivity contribution is 0.0955. The first-order chi connectivity index (χ1) is 10.5. The summed E-state index contributed by atoms with van der Waals surface area (Å²) in [5.74, 6) is 0.525. The van der Waals surface area contributed by atoms with E-state index in [9.17, 15) is 9.90 Å². The average molecular weight is 298 g/mol. The maximum Gasteiger partial charge on any atom is 0.271 e. The number of ether oxygens (including phenoxy) is 1. The van der Waals surface area contributed by atoms with Crippen molar-refractivity contribution in [1.29, 1.82) is 0 Å². The Balaban J connectivity index is 1.97. The number of aromatic hydroxyl groups is 1. The number of hydrogen-bond acceptors (Lipinski definition) is 4. The largest absolute Gasteiger partial charge is 0.508 e. The Morgan fingerprint density at radius 2 is 1.95 bits per heavy atom. The molecule has 0 atom stereocenters. The lowest BCUT2D eigenvalue weighted by Gasteiger charge is -2.09. The molecule has 2 aromatic rings. The van der Waals surface area contributed by atoms with E-state index >= 15 is 0 Å². The zero-order chi connectivity index (χ0) is 15.9. The normalized spacial score (nSPS) is 10.9. The minimum Gasteiger partial charge on any atom is -0.508 e. The maximum atomic E-state index is 11.8. The molecule has 0 radical (unpaired) electrons. The summed E-state index contributed by atoms with van der Waals surface area (Å²) in [4.78, 5) is 11.8. The highest BCUT2D eigenvalue weighted by Crippen LogP contribution is 2.13. The van der Waals surface area contributed by atoms with Crippen LogP contribution in [0.4, 0.5) is 0 Å². The quantitative estimate of drug-likeness (QED) is 0.658. The second-order valence-corrected chi connectivity index (χ2v) is 4.99. The van der Waals surface area contributed by atoms with Crippen LogP contribution in [-0.4, -0.2) is 23.3 Å². The summed E-state index contributed by atoms with van der Waals surface area (Å²) >= 11 is 0. The first-order valence-corrected chi connectivity index (χ1v) is 6.94. The van der Waals surface area contributed by atoms with E-state index in [1.165, 1.54) is 24.3 Å². The second kappa shape index (κ2) is 7.26. The molecule has 0 aromatic heterocycles. The monoisotopic (exact) mass is 298 g/mol. The molecule has 0 aliphatic rings. The fourth-order valence-electron chi connectivity index (χ4n) is 1.78. The van der Waals surface area contributed by atoms with E-state index in [1.807, 2.05) is 38.1 Å². The first kappa shape index (κ1) is 15.6. The highest BCUT2D eigenvalue weighted by Gasteiger charge is 2.03. The van der Waals surface area contributed by atoms with Crippen LogP contribution in [0.1, 0.15) is 29.8 Å². The van der Waals surface area contributed by atoms with E-state index in [0.29, 0.717) is 5.56 Å². The van der Waals surface area contributed by atoms with E-state index < -0.39 is 0 Å². The minimum atomic E-state index is -0.342. The van der Waals surface area contributed by atoms with Gasteiger partial charge in [0.05, 0.1) is 12.3 Å². The molecule has 5 heteroatoms. The molecule has 1 amide bonds. The lowest BCUT2D eigenvalue weighted by Crippen LogP contribution is -2.17. The van der Waals surface area contributed by atoms with Gasteiger partial charge in [-0.3, -0.25) is 4.79 Å². The second-order valence-electron chi connectivity index (χ2n) is 4.99. The van der Waals surface area contributed by atoms with Crippen LogP contribution >= 0.6 is 0 Å². The summed E-state index contributed by atoms with van der Waals surface area (Å²) in [5.41, 5.74) is 3.68. The third-order valence-electron chi connectivity index (χ3n) is 2.74. The van der Waals surface area contributed by atoms with Crippen molar-refractivity contribution >= 4 is 12.1 Å². The van der Waals surface area contributed by atoms with Crippen LogP contribution in [0.3, 0.4) is 0 Å². The van der Waals surface area contributed by atoms with Gasteiger partial charge >= 0.3 is 0 Å². The van der Waals surface area contributed by atoms with Gasteiger partial charge in [0.2, 0.25) is 0 Å². The molecule has 2 N–H and O–H groups in total. The summed E-state index contributed by atoms with van der Waals surface area (Å²) in [6.45, 7) is 3.91. The van der Waals surface area contributed by atoms with E-state index in [2.05, 4.69) is 10.5 Å². The van der Waals surface area contributed by atoms with Gasteiger partial charge in [-0.05, 0) is 55.8 Å². The Morgan fingerprint density at radius 3 is 2.64 bits per heavy atom. The van der Waals surface area contributed by atoms with Gasteiger partial charge in [-0.15, -0.1) is 0 Å². The van der Waals surface area contributed by atoms with Gasteiger partial charge in [0, 0.05) is 5.56 Å². The first-order valence-electron chi connectivity index (χ1n) is 6.94. The summed E-state index contributed by atoms with van der Waals surface area (Å²) in [6.07, 6.45) is 1.65. The number of phenolic OH excluding ortho intramolecular Hbond substituents is 1. The zero-order valence-electron chi connectivity index (χ0n) is 12.5. The molecule has 0 aliphatic heterocycles. The zero-order valence-corrected chi connectivity index (χ0v) is 12.5. The number of hydrazone groups is 1. The van der Waals surface area contributed by atoms with E-state index in [-0.39, 0.29) is 17.8 Å². The number of nitrogens with zero attached hydrogens (tertiary/aromatic N) is 1. The van der Waals surface area contributed by atoms with Crippen molar-refractivity contribution in [2.75, 3.05) is 0 Å². The number of carbonyl (C=O) groups is 1. The number of nitrogens with one attached hydrogen (secondary N) is 1. The van der Waals surface area contributed by atoms with E-state index in [1.54, 1.807) is 6.21 Å². The molecule has 0 saturated heterocycles. The molecule has 0 unspecified atom stereocenters. The van der Waals surface area contributed by atoms with Gasteiger partial charge in [-0.1, -0.05) is 12.1 Å². The predicted octanol–water partition coefficient (Wildman–Crippen LogP) is 2.94. The molecule has 0 fully saturated rings. The van der Waals surface area contributed by atoms with Crippen LogP contribution in [0.5, 0.6) is 11.5 Å². The SMILES string of the molecule is CC(C)Oc1cccc(/C=N\NC(=O)c2ccc(O)cc2)c1. The van der Waals surface area contributed by atoms with Crippen LogP contribution in [-0.2, 0) is 0 Å². The fourth-order valence-corrected chi connectivity index (χ4v) is 1.78. The number of carbonyl (C=O) groups excluding carboxylic acids is 1. The molecule has 0 bridgehead atoms. The molecular formula is C17H18N2O3. The van der Waals surface area contributed by atoms with Crippen molar-refractivity contribution in [2.45, 2.75) is 20.0 Å². The van der Waals surface area contributed by atoms with Gasteiger partial charge < -0.3 is 9.84 Å². The Morgan fingerprint density at radius 1 is 1.23 bits per heavy atom. The molecule has 5 nitrogen and oxygen atoms in total. The van der Waals surface area contributed by atoms with Crippen LogP contribution < -0.4 is 10.2 Å². The summed E-state index contributed by atoms with van der Waals surface area (Å²) in [6, 6.07) is 13.4. The predicted molar refractivity (Wildman–Crippen MR) is 85.4 cm³/mol. The standard InChI is InChI=1S/C17H18N2O3/c1-12(2)22-16-5-3-4-13(10-16)11-18-19-17(21)14-6-8-15(20)9-7-14/h3-12,20H,1-2H3,(H,19,21)/b18-11-. The Bertz CT molecular complexity index is 664. The van der Waals surface area contributed by atoms with Crippen molar-refractivity contribution < 1.29 is 14.6 Å². The van der Waals surface area contributed by atoms with Gasteiger partial charge in [0.1, 0.15) is 11.5 Å². The third-order valence-corrected chi connectivity index (χ3v) is 2.74. The molecule has 2 rings (SSSR count). The number of benzene rings is 2. The van der Waals surface area contributed by atoms with Crippen molar-refractivity contribution in [3.8, 4) is 11.5 Å². The van der Waals surface area contributed by atoms with Gasteiger partial charge in [0.15, 0.2) is 0 Å². The highest BCUT2D eigenvalue weighted by molar-refractivity contribution is 5.95. The fraction of sp³-hybridized carbons (Fsp3) is 0.176. The molecule has 0 spiro atoms. The van der Waals surface area contributed by atoms with Gasteiger partial charge in [-0.2, -0.15) is 5.10 Å². The molecule has 2 aromatic carbocycles. The Hall–Kier alpha value is -2.82. The smallest absolute Gasteiger partial charge is 0.271 e. The summed E-state index contributed by atoms with van der Waals surface area (Å²) in [5, 5.41) is 13.1. The number of rotatable bonds is 5. The summed E-state index contributed by atoms with van der Waals surface area (Å²) in [7, 11) is 0. The summed E-state index contributed by atoms with van der Waals surface area (Å²) < 4.78 is 5.59. The maximum absolute atomic E-state index is 11.8. The molecule has 0 saturated carbocycles. The van der Waals surface area contributed by atoms with Gasteiger partial charge in [-0.25, -0.2) is 5.43 Å². The van der Waals surface area contributed by atoms with Crippen LogP contribution in [0.25, 0.3) is 0 Å². The Kier molecular flexibility index (Phi) is 5.14. The molecule has 22 heavy (non-hydrogen) atoms. The van der Waals surface area contributed by atoms with Crippen LogP contribution in [0.15, 0.2) is 53.6 Å². The van der Waals surface area contributed by atoms with Gasteiger partial charge in [0.25, 0.3) is 5.91 Å². The van der Waals surface area contributed by atoms with Crippen molar-refractivity contribution in [3.05, 3.63) is 59.7 Å².